The van der Waals surface area contributed by atoms with Gasteiger partial charge in [0, 0.05) is 11.9 Å². The molecule has 0 saturated heterocycles. The van der Waals surface area contributed by atoms with Crippen molar-refractivity contribution in [3.8, 4) is 11.4 Å². The zero-order valence-electron chi connectivity index (χ0n) is 18.7. The van der Waals surface area contributed by atoms with Crippen LogP contribution in [0.1, 0.15) is 19.5 Å². The number of amides is 2. The SMILES string of the molecule is COc1ccccc1NC(=O)Nc1cccc(-n2c(=O)c(CC(C)C)nc3cccnc32)c1. The van der Waals surface area contributed by atoms with Crippen LogP contribution < -0.4 is 20.9 Å². The number of anilines is 2. The number of methoxy groups -OCH3 is 1. The van der Waals surface area contributed by atoms with Crippen molar-refractivity contribution in [2.45, 2.75) is 20.3 Å². The molecule has 2 N–H and O–H groups in total. The average Bonchev–Trinajstić information content (AvgIpc) is 2.80. The lowest BCUT2D eigenvalue weighted by molar-refractivity contribution is 0.262. The highest BCUT2D eigenvalue weighted by Gasteiger charge is 2.15. The fourth-order valence-electron chi connectivity index (χ4n) is 3.58. The summed E-state index contributed by atoms with van der Waals surface area (Å²) in [6.07, 6.45) is 2.19. The number of ether oxygens (including phenoxy) is 1. The molecule has 2 aromatic carbocycles. The lowest BCUT2D eigenvalue weighted by atomic mass is 10.1. The lowest BCUT2D eigenvalue weighted by Crippen LogP contribution is -2.26. The summed E-state index contributed by atoms with van der Waals surface area (Å²) in [6.45, 7) is 4.09. The van der Waals surface area contributed by atoms with E-state index in [0.29, 0.717) is 46.1 Å². The van der Waals surface area contributed by atoms with Crippen molar-refractivity contribution < 1.29 is 9.53 Å². The van der Waals surface area contributed by atoms with Gasteiger partial charge in [0.25, 0.3) is 5.56 Å². The van der Waals surface area contributed by atoms with Crippen molar-refractivity contribution in [1.29, 1.82) is 0 Å². The number of urea groups is 1. The van der Waals surface area contributed by atoms with Gasteiger partial charge in [-0.25, -0.2) is 14.8 Å². The maximum absolute atomic E-state index is 13.3. The van der Waals surface area contributed by atoms with Gasteiger partial charge >= 0.3 is 6.03 Å². The Morgan fingerprint density at radius 2 is 1.88 bits per heavy atom. The number of hydrogen-bond donors (Lipinski definition) is 2. The molecular formula is C25H25N5O3. The second-order valence-electron chi connectivity index (χ2n) is 7.97. The summed E-state index contributed by atoms with van der Waals surface area (Å²) >= 11 is 0. The van der Waals surface area contributed by atoms with E-state index in [4.69, 9.17) is 4.74 Å². The van der Waals surface area contributed by atoms with Gasteiger partial charge < -0.3 is 15.4 Å². The molecule has 4 rings (SSSR count). The second-order valence-corrected chi connectivity index (χ2v) is 7.97. The number of para-hydroxylation sites is 2. The van der Waals surface area contributed by atoms with Crippen LogP contribution in [0.2, 0.25) is 0 Å². The van der Waals surface area contributed by atoms with Crippen molar-refractivity contribution in [2.24, 2.45) is 5.92 Å². The van der Waals surface area contributed by atoms with Crippen molar-refractivity contribution in [3.05, 3.63) is 82.9 Å². The summed E-state index contributed by atoms with van der Waals surface area (Å²) in [5.74, 6) is 0.833. The predicted molar refractivity (Wildman–Crippen MR) is 129 cm³/mol. The van der Waals surface area contributed by atoms with E-state index < -0.39 is 6.03 Å². The first-order chi connectivity index (χ1) is 16.0. The molecule has 0 spiro atoms. The maximum atomic E-state index is 13.3. The molecule has 0 saturated carbocycles. The molecule has 0 unspecified atom stereocenters. The molecule has 2 amide bonds. The third kappa shape index (κ3) is 4.85. The van der Waals surface area contributed by atoms with Crippen LogP contribution in [-0.4, -0.2) is 27.7 Å². The number of nitrogens with zero attached hydrogens (tertiary/aromatic N) is 3. The van der Waals surface area contributed by atoms with Crippen molar-refractivity contribution in [1.82, 2.24) is 14.5 Å². The highest BCUT2D eigenvalue weighted by atomic mass is 16.5. The van der Waals surface area contributed by atoms with Crippen LogP contribution in [0.5, 0.6) is 5.75 Å². The van der Waals surface area contributed by atoms with Crippen LogP contribution in [0.15, 0.2) is 71.7 Å². The Hall–Kier alpha value is -4.20. The zero-order chi connectivity index (χ0) is 23.4. The van der Waals surface area contributed by atoms with Gasteiger partial charge in [0.2, 0.25) is 0 Å². The van der Waals surface area contributed by atoms with Gasteiger partial charge in [-0.3, -0.25) is 9.36 Å². The van der Waals surface area contributed by atoms with Crippen LogP contribution >= 0.6 is 0 Å². The molecule has 0 atom stereocenters. The Morgan fingerprint density at radius 1 is 1.06 bits per heavy atom. The molecule has 168 valence electrons. The Labute approximate surface area is 191 Å². The zero-order valence-corrected chi connectivity index (χ0v) is 18.7. The van der Waals surface area contributed by atoms with Gasteiger partial charge in [-0.15, -0.1) is 0 Å². The second kappa shape index (κ2) is 9.52. The number of nitrogens with one attached hydrogen (secondary N) is 2. The van der Waals surface area contributed by atoms with E-state index in [1.54, 1.807) is 60.3 Å². The maximum Gasteiger partial charge on any atom is 0.323 e. The first kappa shape index (κ1) is 22.0. The van der Waals surface area contributed by atoms with Crippen LogP contribution in [0.4, 0.5) is 16.2 Å². The highest BCUT2D eigenvalue weighted by molar-refractivity contribution is 6.00. The summed E-state index contributed by atoms with van der Waals surface area (Å²) in [6, 6.07) is 17.4. The standard InChI is InChI=1S/C25H25N5O3/c1-16(2)14-21-24(31)30(23-20(28-21)11-7-13-26-23)18-9-6-8-17(15-18)27-25(32)29-19-10-4-5-12-22(19)33-3/h4-13,15-16H,14H2,1-3H3,(H2,27,29,32). The van der Waals surface area contributed by atoms with Gasteiger partial charge in [-0.05, 0) is 54.8 Å². The summed E-state index contributed by atoms with van der Waals surface area (Å²) in [4.78, 5) is 34.8. The molecule has 33 heavy (non-hydrogen) atoms. The van der Waals surface area contributed by atoms with E-state index in [-0.39, 0.29) is 11.5 Å². The quantitative estimate of drug-likeness (QED) is 0.453. The molecule has 8 heteroatoms. The van der Waals surface area contributed by atoms with Gasteiger partial charge in [0.05, 0.1) is 18.5 Å². The van der Waals surface area contributed by atoms with E-state index in [2.05, 4.69) is 20.6 Å². The third-order valence-corrected chi connectivity index (χ3v) is 5.00. The molecule has 2 aromatic heterocycles. The molecule has 0 bridgehead atoms. The van der Waals surface area contributed by atoms with Gasteiger partial charge in [0.1, 0.15) is 17.0 Å². The topological polar surface area (TPSA) is 98.1 Å². The van der Waals surface area contributed by atoms with E-state index in [1.165, 1.54) is 0 Å². The van der Waals surface area contributed by atoms with Crippen LogP contribution in [-0.2, 0) is 6.42 Å². The molecule has 4 aromatic rings. The van der Waals surface area contributed by atoms with E-state index >= 15 is 0 Å². The van der Waals surface area contributed by atoms with Crippen LogP contribution in [0.3, 0.4) is 0 Å². The summed E-state index contributed by atoms with van der Waals surface area (Å²) in [7, 11) is 1.54. The Kier molecular flexibility index (Phi) is 6.35. The number of aromatic nitrogens is 3. The molecule has 0 aliphatic heterocycles. The molecule has 0 fully saturated rings. The van der Waals surface area contributed by atoms with E-state index in [1.807, 2.05) is 32.0 Å². The summed E-state index contributed by atoms with van der Waals surface area (Å²) in [5.41, 5.74) is 3.03. The van der Waals surface area contributed by atoms with Crippen LogP contribution in [0.25, 0.3) is 16.9 Å². The average molecular weight is 444 g/mol. The molecule has 0 radical (unpaired) electrons. The molecule has 0 aliphatic carbocycles. The van der Waals surface area contributed by atoms with Crippen LogP contribution in [0, 0.1) is 5.92 Å². The minimum atomic E-state index is -0.429. The van der Waals surface area contributed by atoms with E-state index in [0.717, 1.165) is 0 Å². The van der Waals surface area contributed by atoms with Gasteiger partial charge in [-0.1, -0.05) is 32.0 Å². The Balaban J connectivity index is 1.69. The fourth-order valence-corrected chi connectivity index (χ4v) is 3.58. The Bertz CT molecular complexity index is 1360. The number of carbonyl (C=O) groups excluding carboxylic acids is 1. The monoisotopic (exact) mass is 443 g/mol. The number of pyridine rings is 1. The fraction of sp³-hybridized carbons (Fsp3) is 0.200. The first-order valence-electron chi connectivity index (χ1n) is 10.6. The van der Waals surface area contributed by atoms with Crippen molar-refractivity contribution >= 4 is 28.6 Å². The lowest BCUT2D eigenvalue weighted by Gasteiger charge is -2.14. The minimum absolute atomic E-state index is 0.217. The normalized spacial score (nSPS) is 10.9. The number of benzene rings is 2. The Morgan fingerprint density at radius 3 is 2.67 bits per heavy atom. The minimum Gasteiger partial charge on any atom is -0.495 e. The number of carbonyl (C=O) groups is 1. The number of rotatable bonds is 6. The molecule has 2 heterocycles. The van der Waals surface area contributed by atoms with Gasteiger partial charge in [0.15, 0.2) is 5.65 Å². The number of fused-ring (bicyclic) bond motifs is 1. The van der Waals surface area contributed by atoms with Crippen molar-refractivity contribution in [3.63, 3.8) is 0 Å². The molecule has 0 aliphatic rings. The summed E-state index contributed by atoms with van der Waals surface area (Å²) in [5, 5.41) is 5.58. The largest absolute Gasteiger partial charge is 0.495 e. The molecule has 8 nitrogen and oxygen atoms in total. The summed E-state index contributed by atoms with van der Waals surface area (Å²) < 4.78 is 6.82. The van der Waals surface area contributed by atoms with Gasteiger partial charge in [-0.2, -0.15) is 0 Å². The highest BCUT2D eigenvalue weighted by Crippen LogP contribution is 2.24. The van der Waals surface area contributed by atoms with E-state index in [9.17, 15) is 9.59 Å². The third-order valence-electron chi connectivity index (χ3n) is 5.00. The predicted octanol–water partition coefficient (Wildman–Crippen LogP) is 4.63. The smallest absolute Gasteiger partial charge is 0.323 e. The number of hydrogen-bond acceptors (Lipinski definition) is 5. The first-order valence-corrected chi connectivity index (χ1v) is 10.6. The molecular weight excluding hydrogens is 418 g/mol. The van der Waals surface area contributed by atoms with Crippen molar-refractivity contribution in [2.75, 3.05) is 17.7 Å².